The molecule has 6 nitrogen and oxygen atoms in total. The van der Waals surface area contributed by atoms with Crippen LogP contribution in [-0.2, 0) is 9.59 Å². The Bertz CT molecular complexity index is 710. The number of benzene rings is 1. The van der Waals surface area contributed by atoms with Crippen LogP contribution in [0.4, 0.5) is 5.69 Å². The van der Waals surface area contributed by atoms with Crippen molar-refractivity contribution in [3.63, 3.8) is 0 Å². The Labute approximate surface area is 153 Å². The molecule has 1 aromatic carbocycles. The molecule has 1 saturated carbocycles. The number of carbonyl (C=O) groups is 3. The number of hydrogen-bond acceptors (Lipinski definition) is 3. The summed E-state index contributed by atoms with van der Waals surface area (Å²) in [5.74, 6) is -1.68. The lowest BCUT2D eigenvalue weighted by molar-refractivity contribution is -0.141. The highest BCUT2D eigenvalue weighted by molar-refractivity contribution is 5.98. The lowest BCUT2D eigenvalue weighted by Crippen LogP contribution is -2.42. The monoisotopic (exact) mass is 358 g/mol. The van der Waals surface area contributed by atoms with E-state index in [1.54, 1.807) is 19.1 Å². The summed E-state index contributed by atoms with van der Waals surface area (Å²) in [5, 5.41) is 12.1. The standard InChI is InChI=1S/C20H26N2O4/c1-13-8-9-14(12-17(13)20(25)26)21-18(23)15-6-2-3-7-16(15)19(24)22-10-4-5-11-22/h8-9,12,15-16H,2-7,10-11H2,1H3,(H,21,23)(H,25,26). The third-order valence-electron chi connectivity index (χ3n) is 5.57. The molecule has 1 aliphatic carbocycles. The van der Waals surface area contributed by atoms with Gasteiger partial charge in [-0.1, -0.05) is 18.9 Å². The maximum Gasteiger partial charge on any atom is 0.336 e. The van der Waals surface area contributed by atoms with Crippen molar-refractivity contribution in [3.8, 4) is 0 Å². The molecule has 0 bridgehead atoms. The van der Waals surface area contributed by atoms with Gasteiger partial charge in [-0.3, -0.25) is 9.59 Å². The van der Waals surface area contributed by atoms with Crippen LogP contribution in [0.3, 0.4) is 0 Å². The Morgan fingerprint density at radius 2 is 1.69 bits per heavy atom. The van der Waals surface area contributed by atoms with Crippen LogP contribution in [0, 0.1) is 18.8 Å². The Morgan fingerprint density at radius 1 is 1.04 bits per heavy atom. The van der Waals surface area contributed by atoms with Crippen LogP contribution in [0.1, 0.15) is 54.4 Å². The average Bonchev–Trinajstić information content (AvgIpc) is 3.17. The number of nitrogens with zero attached hydrogens (tertiary/aromatic N) is 1. The van der Waals surface area contributed by atoms with Gasteiger partial charge >= 0.3 is 5.97 Å². The second-order valence-corrected chi connectivity index (χ2v) is 7.35. The molecule has 2 fully saturated rings. The molecule has 6 heteroatoms. The van der Waals surface area contributed by atoms with Gasteiger partial charge in [0, 0.05) is 30.6 Å². The molecule has 1 heterocycles. The Kier molecular flexibility index (Phi) is 5.59. The van der Waals surface area contributed by atoms with Gasteiger partial charge in [0.25, 0.3) is 0 Å². The lowest BCUT2D eigenvalue weighted by Gasteiger charge is -2.32. The first kappa shape index (κ1) is 18.4. The van der Waals surface area contributed by atoms with Crippen molar-refractivity contribution >= 4 is 23.5 Å². The SMILES string of the molecule is Cc1ccc(NC(=O)C2CCCCC2C(=O)N2CCCC2)cc1C(=O)O. The molecule has 1 aromatic rings. The largest absolute Gasteiger partial charge is 0.478 e. The second-order valence-electron chi connectivity index (χ2n) is 7.35. The van der Waals surface area contributed by atoms with Gasteiger partial charge in [-0.25, -0.2) is 4.79 Å². The summed E-state index contributed by atoms with van der Waals surface area (Å²) in [5.41, 5.74) is 1.29. The number of aryl methyl sites for hydroxylation is 1. The highest BCUT2D eigenvalue weighted by Crippen LogP contribution is 2.33. The molecular weight excluding hydrogens is 332 g/mol. The number of carbonyl (C=O) groups excluding carboxylic acids is 2. The first-order valence-corrected chi connectivity index (χ1v) is 9.41. The maximum atomic E-state index is 12.8. The zero-order valence-corrected chi connectivity index (χ0v) is 15.2. The molecule has 140 valence electrons. The third-order valence-corrected chi connectivity index (χ3v) is 5.57. The predicted octanol–water partition coefficient (Wildman–Crippen LogP) is 3.06. The number of nitrogens with one attached hydrogen (secondary N) is 1. The summed E-state index contributed by atoms with van der Waals surface area (Å²) < 4.78 is 0. The van der Waals surface area contributed by atoms with E-state index >= 15 is 0 Å². The fourth-order valence-corrected chi connectivity index (χ4v) is 4.08. The number of carboxylic acid groups (broad SMARTS) is 1. The van der Waals surface area contributed by atoms with Gasteiger partial charge < -0.3 is 15.3 Å². The number of anilines is 1. The highest BCUT2D eigenvalue weighted by atomic mass is 16.4. The smallest absolute Gasteiger partial charge is 0.336 e. The van der Waals surface area contributed by atoms with Crippen molar-refractivity contribution in [2.45, 2.75) is 45.4 Å². The van der Waals surface area contributed by atoms with E-state index in [9.17, 15) is 19.5 Å². The van der Waals surface area contributed by atoms with E-state index in [0.717, 1.165) is 45.2 Å². The summed E-state index contributed by atoms with van der Waals surface area (Å²) in [4.78, 5) is 38.8. The van der Waals surface area contributed by atoms with E-state index in [0.29, 0.717) is 17.7 Å². The number of aromatic carboxylic acids is 1. The van der Waals surface area contributed by atoms with Gasteiger partial charge in [-0.2, -0.15) is 0 Å². The third kappa shape index (κ3) is 3.89. The average molecular weight is 358 g/mol. The molecule has 2 N–H and O–H groups in total. The van der Waals surface area contributed by atoms with Gasteiger partial charge in [0.15, 0.2) is 0 Å². The number of carboxylic acids is 1. The van der Waals surface area contributed by atoms with Crippen molar-refractivity contribution in [2.24, 2.45) is 11.8 Å². The summed E-state index contributed by atoms with van der Waals surface area (Å²) in [7, 11) is 0. The summed E-state index contributed by atoms with van der Waals surface area (Å²) in [6.07, 6.45) is 5.45. The van der Waals surface area contributed by atoms with Crippen LogP contribution in [-0.4, -0.2) is 40.9 Å². The van der Waals surface area contributed by atoms with Crippen molar-refractivity contribution in [1.29, 1.82) is 0 Å². The molecule has 2 unspecified atom stereocenters. The molecule has 2 atom stereocenters. The topological polar surface area (TPSA) is 86.7 Å². The number of likely N-dealkylation sites (tertiary alicyclic amines) is 1. The molecule has 26 heavy (non-hydrogen) atoms. The first-order chi connectivity index (χ1) is 12.5. The minimum Gasteiger partial charge on any atom is -0.478 e. The normalized spacial score (nSPS) is 22.9. The van der Waals surface area contributed by atoms with Crippen molar-refractivity contribution in [3.05, 3.63) is 29.3 Å². The number of amides is 2. The number of hydrogen-bond donors (Lipinski definition) is 2. The maximum absolute atomic E-state index is 12.8. The minimum atomic E-state index is -1.02. The van der Waals surface area contributed by atoms with Crippen LogP contribution in [0.15, 0.2) is 18.2 Å². The lowest BCUT2D eigenvalue weighted by atomic mass is 9.77. The number of rotatable bonds is 4. The molecule has 1 saturated heterocycles. The Morgan fingerprint density at radius 3 is 2.35 bits per heavy atom. The summed E-state index contributed by atoms with van der Waals surface area (Å²) in [6, 6.07) is 4.88. The van der Waals surface area contributed by atoms with Crippen LogP contribution >= 0.6 is 0 Å². The van der Waals surface area contributed by atoms with Gasteiger partial charge in [0.05, 0.1) is 5.56 Å². The van der Waals surface area contributed by atoms with Crippen molar-refractivity contribution < 1.29 is 19.5 Å². The zero-order valence-electron chi connectivity index (χ0n) is 15.2. The summed E-state index contributed by atoms with van der Waals surface area (Å²) in [6.45, 7) is 3.31. The van der Waals surface area contributed by atoms with Crippen molar-refractivity contribution in [1.82, 2.24) is 4.90 Å². The Balaban J connectivity index is 1.73. The van der Waals surface area contributed by atoms with Gasteiger partial charge in [0.1, 0.15) is 0 Å². The fraction of sp³-hybridized carbons (Fsp3) is 0.550. The highest BCUT2D eigenvalue weighted by Gasteiger charge is 2.38. The van der Waals surface area contributed by atoms with E-state index in [-0.39, 0.29) is 29.2 Å². The predicted molar refractivity (Wildman–Crippen MR) is 98.0 cm³/mol. The van der Waals surface area contributed by atoms with Gasteiger partial charge in [-0.05, 0) is 50.3 Å². The molecule has 0 radical (unpaired) electrons. The second kappa shape index (κ2) is 7.89. The minimum absolute atomic E-state index is 0.109. The molecule has 2 aliphatic rings. The van der Waals surface area contributed by atoms with E-state index in [1.807, 2.05) is 4.90 Å². The quantitative estimate of drug-likeness (QED) is 0.866. The Hall–Kier alpha value is -2.37. The van der Waals surface area contributed by atoms with Gasteiger partial charge in [-0.15, -0.1) is 0 Å². The fourth-order valence-electron chi connectivity index (χ4n) is 4.08. The van der Waals surface area contributed by atoms with Crippen LogP contribution < -0.4 is 5.32 Å². The van der Waals surface area contributed by atoms with E-state index in [4.69, 9.17) is 0 Å². The summed E-state index contributed by atoms with van der Waals surface area (Å²) >= 11 is 0. The molecule has 1 aliphatic heterocycles. The molecule has 0 spiro atoms. The molecular formula is C20H26N2O4. The zero-order chi connectivity index (χ0) is 18.7. The van der Waals surface area contributed by atoms with E-state index in [1.165, 1.54) is 6.07 Å². The molecule has 2 amide bonds. The first-order valence-electron chi connectivity index (χ1n) is 9.41. The van der Waals surface area contributed by atoms with Crippen molar-refractivity contribution in [2.75, 3.05) is 18.4 Å². The van der Waals surface area contributed by atoms with Crippen LogP contribution in [0.25, 0.3) is 0 Å². The molecule has 0 aromatic heterocycles. The van der Waals surface area contributed by atoms with Gasteiger partial charge in [0.2, 0.25) is 11.8 Å². The van der Waals surface area contributed by atoms with E-state index < -0.39 is 5.97 Å². The molecule has 3 rings (SSSR count). The van der Waals surface area contributed by atoms with Crippen LogP contribution in [0.2, 0.25) is 0 Å². The van der Waals surface area contributed by atoms with E-state index in [2.05, 4.69) is 5.32 Å². The van der Waals surface area contributed by atoms with Crippen LogP contribution in [0.5, 0.6) is 0 Å².